The number of hydrogen-bond acceptors (Lipinski definition) is 3. The van der Waals surface area contributed by atoms with Gasteiger partial charge in [-0.3, -0.25) is 4.55 Å². The molecule has 17 heavy (non-hydrogen) atoms. The Labute approximate surface area is 102 Å². The average Bonchev–Trinajstić information content (AvgIpc) is 2.17. The zero-order chi connectivity index (χ0) is 13.5. The molecule has 0 radical (unpaired) electrons. The van der Waals surface area contributed by atoms with E-state index in [1.807, 2.05) is 19.9 Å². The molecule has 0 saturated carbocycles. The molecule has 1 unspecified atom stereocenters. The highest BCUT2D eigenvalue weighted by atomic mass is 32.2. The standard InChI is InChI=1S/C7H8O3S.C5H10O/c1-6-2-4-7(5-3-6)11(8,9)10;1-3-4-5(2)6/h2-5H,1H3,(H,8,9,10);3-6H,1-2H3. The Hall–Kier alpha value is -1.17. The molecule has 1 rings (SSSR count). The van der Waals surface area contributed by atoms with Crippen molar-refractivity contribution in [2.45, 2.75) is 31.8 Å². The molecular formula is C12H18O4S. The zero-order valence-corrected chi connectivity index (χ0v) is 11.0. The summed E-state index contributed by atoms with van der Waals surface area (Å²) in [5, 5.41) is 8.47. The topological polar surface area (TPSA) is 74.6 Å². The molecule has 0 saturated heterocycles. The lowest BCUT2D eigenvalue weighted by Gasteiger charge is -1.95. The van der Waals surface area contributed by atoms with Crippen LogP contribution in [0.4, 0.5) is 0 Å². The van der Waals surface area contributed by atoms with Crippen LogP contribution in [-0.2, 0) is 10.1 Å². The number of hydrogen-bond donors (Lipinski definition) is 2. The van der Waals surface area contributed by atoms with Crippen molar-refractivity contribution in [1.29, 1.82) is 0 Å². The Kier molecular flexibility index (Phi) is 6.72. The molecule has 0 amide bonds. The van der Waals surface area contributed by atoms with E-state index < -0.39 is 10.1 Å². The maximum absolute atomic E-state index is 10.5. The van der Waals surface area contributed by atoms with Gasteiger partial charge in [-0.2, -0.15) is 8.42 Å². The summed E-state index contributed by atoms with van der Waals surface area (Å²) < 4.78 is 29.6. The van der Waals surface area contributed by atoms with E-state index in [-0.39, 0.29) is 11.0 Å². The van der Waals surface area contributed by atoms with Crippen LogP contribution in [0.5, 0.6) is 0 Å². The molecular weight excluding hydrogens is 240 g/mol. The summed E-state index contributed by atoms with van der Waals surface area (Å²) in [5.41, 5.74) is 0.956. The lowest BCUT2D eigenvalue weighted by Crippen LogP contribution is -1.96. The Morgan fingerprint density at radius 2 is 1.71 bits per heavy atom. The highest BCUT2D eigenvalue weighted by molar-refractivity contribution is 7.85. The molecule has 0 heterocycles. The molecule has 96 valence electrons. The van der Waals surface area contributed by atoms with Crippen LogP contribution in [-0.4, -0.2) is 24.2 Å². The van der Waals surface area contributed by atoms with E-state index >= 15 is 0 Å². The molecule has 0 bridgehead atoms. The van der Waals surface area contributed by atoms with E-state index in [1.54, 1.807) is 25.1 Å². The van der Waals surface area contributed by atoms with E-state index in [1.165, 1.54) is 12.1 Å². The van der Waals surface area contributed by atoms with E-state index in [0.717, 1.165) is 5.56 Å². The number of allylic oxidation sites excluding steroid dienone is 1. The third-order valence-corrected chi connectivity index (χ3v) is 2.66. The monoisotopic (exact) mass is 258 g/mol. The summed E-state index contributed by atoms with van der Waals surface area (Å²) in [5.74, 6) is 0. The lowest BCUT2D eigenvalue weighted by atomic mass is 10.2. The van der Waals surface area contributed by atoms with E-state index in [4.69, 9.17) is 9.66 Å². The summed E-state index contributed by atoms with van der Waals surface area (Å²) in [4.78, 5) is -0.0666. The van der Waals surface area contributed by atoms with Crippen LogP contribution in [0.2, 0.25) is 0 Å². The first kappa shape index (κ1) is 15.8. The minimum atomic E-state index is -4.02. The first-order valence-electron chi connectivity index (χ1n) is 5.12. The third kappa shape index (κ3) is 7.68. The Morgan fingerprint density at radius 3 is 1.94 bits per heavy atom. The van der Waals surface area contributed by atoms with Crippen LogP contribution in [0.3, 0.4) is 0 Å². The van der Waals surface area contributed by atoms with Gasteiger partial charge in [0.1, 0.15) is 0 Å². The van der Waals surface area contributed by atoms with Crippen molar-refractivity contribution in [3.8, 4) is 0 Å². The van der Waals surface area contributed by atoms with E-state index in [0.29, 0.717) is 0 Å². The predicted octanol–water partition coefficient (Wildman–Crippen LogP) is 2.19. The largest absolute Gasteiger partial charge is 0.389 e. The number of aryl methyl sites for hydroxylation is 1. The van der Waals surface area contributed by atoms with Gasteiger partial charge in [0.15, 0.2) is 0 Å². The Balaban J connectivity index is 0.000000366. The fourth-order valence-corrected chi connectivity index (χ4v) is 1.47. The molecule has 0 fully saturated rings. The second-order valence-electron chi connectivity index (χ2n) is 3.55. The van der Waals surface area contributed by atoms with Crippen LogP contribution < -0.4 is 0 Å². The van der Waals surface area contributed by atoms with Crippen molar-refractivity contribution in [3.05, 3.63) is 42.0 Å². The normalized spacial score (nSPS) is 13.0. The summed E-state index contributed by atoms with van der Waals surface area (Å²) in [7, 11) is -4.02. The first-order chi connectivity index (χ1) is 7.77. The second kappa shape index (κ2) is 7.21. The molecule has 0 aliphatic heterocycles. The summed E-state index contributed by atoms with van der Waals surface area (Å²) >= 11 is 0. The van der Waals surface area contributed by atoms with Crippen molar-refractivity contribution in [1.82, 2.24) is 0 Å². The lowest BCUT2D eigenvalue weighted by molar-refractivity contribution is 0.244. The molecule has 4 nitrogen and oxygen atoms in total. The fourth-order valence-electron chi connectivity index (χ4n) is 0.989. The minimum absolute atomic E-state index is 0.0666. The van der Waals surface area contributed by atoms with Gasteiger partial charge in [-0.1, -0.05) is 29.8 Å². The first-order valence-corrected chi connectivity index (χ1v) is 6.56. The molecule has 0 aromatic heterocycles. The van der Waals surface area contributed by atoms with Crippen LogP contribution in [0.15, 0.2) is 41.3 Å². The van der Waals surface area contributed by atoms with Crippen molar-refractivity contribution >= 4 is 10.1 Å². The molecule has 0 aliphatic carbocycles. The van der Waals surface area contributed by atoms with Gasteiger partial charge in [0.05, 0.1) is 11.0 Å². The molecule has 5 heteroatoms. The van der Waals surface area contributed by atoms with E-state index in [2.05, 4.69) is 0 Å². The Morgan fingerprint density at radius 1 is 1.24 bits per heavy atom. The molecule has 1 atom stereocenters. The molecule has 2 N–H and O–H groups in total. The minimum Gasteiger partial charge on any atom is -0.389 e. The molecule has 0 aliphatic rings. The van der Waals surface area contributed by atoms with Crippen molar-refractivity contribution < 1.29 is 18.1 Å². The van der Waals surface area contributed by atoms with Crippen molar-refractivity contribution in [2.75, 3.05) is 0 Å². The van der Waals surface area contributed by atoms with Crippen LogP contribution in [0.25, 0.3) is 0 Å². The number of rotatable bonds is 2. The van der Waals surface area contributed by atoms with Gasteiger partial charge in [0.25, 0.3) is 10.1 Å². The molecule has 1 aromatic carbocycles. The van der Waals surface area contributed by atoms with Crippen molar-refractivity contribution in [3.63, 3.8) is 0 Å². The third-order valence-electron chi connectivity index (χ3n) is 1.79. The van der Waals surface area contributed by atoms with Gasteiger partial charge < -0.3 is 5.11 Å². The maximum atomic E-state index is 10.5. The summed E-state index contributed by atoms with van der Waals surface area (Å²) in [6.45, 7) is 5.44. The van der Waals surface area contributed by atoms with Gasteiger partial charge >= 0.3 is 0 Å². The second-order valence-corrected chi connectivity index (χ2v) is 4.98. The number of aliphatic hydroxyl groups excluding tert-OH is 1. The van der Waals surface area contributed by atoms with E-state index in [9.17, 15) is 8.42 Å². The van der Waals surface area contributed by atoms with Gasteiger partial charge in [0.2, 0.25) is 0 Å². The summed E-state index contributed by atoms with van der Waals surface area (Å²) in [6, 6.07) is 5.99. The SMILES string of the molecule is CC=CC(C)O.Cc1ccc(S(=O)(=O)O)cc1. The quantitative estimate of drug-likeness (QED) is 0.630. The van der Waals surface area contributed by atoms with Crippen LogP contribution in [0.1, 0.15) is 19.4 Å². The van der Waals surface area contributed by atoms with Crippen LogP contribution >= 0.6 is 0 Å². The van der Waals surface area contributed by atoms with Crippen LogP contribution in [0, 0.1) is 6.92 Å². The predicted molar refractivity (Wildman–Crippen MR) is 67.5 cm³/mol. The maximum Gasteiger partial charge on any atom is 0.294 e. The summed E-state index contributed by atoms with van der Waals surface area (Å²) in [6.07, 6.45) is 3.26. The molecule has 0 spiro atoms. The van der Waals surface area contributed by atoms with Crippen molar-refractivity contribution in [2.24, 2.45) is 0 Å². The van der Waals surface area contributed by atoms with Gasteiger partial charge in [0, 0.05) is 0 Å². The van der Waals surface area contributed by atoms with Gasteiger partial charge in [-0.05, 0) is 32.9 Å². The van der Waals surface area contributed by atoms with Gasteiger partial charge in [-0.15, -0.1) is 0 Å². The molecule has 1 aromatic rings. The van der Waals surface area contributed by atoms with Gasteiger partial charge in [-0.25, -0.2) is 0 Å². The highest BCUT2D eigenvalue weighted by Gasteiger charge is 2.06. The average molecular weight is 258 g/mol. The smallest absolute Gasteiger partial charge is 0.294 e. The fraction of sp³-hybridized carbons (Fsp3) is 0.333. The highest BCUT2D eigenvalue weighted by Crippen LogP contribution is 2.08. The Bertz CT molecular complexity index is 444. The zero-order valence-electron chi connectivity index (χ0n) is 10.2. The number of benzene rings is 1. The number of aliphatic hydroxyl groups is 1.